The van der Waals surface area contributed by atoms with Crippen LogP contribution in [0.5, 0.6) is 0 Å². The molecule has 2 rings (SSSR count). The molecule has 0 radical (unpaired) electrons. The van der Waals surface area contributed by atoms with Crippen LogP contribution in [0.3, 0.4) is 0 Å². The van der Waals surface area contributed by atoms with Gasteiger partial charge in [0.05, 0.1) is 11.5 Å². The molecule has 6 heteroatoms. The first-order chi connectivity index (χ1) is 8.62. The highest BCUT2D eigenvalue weighted by Gasteiger charge is 2.29. The Morgan fingerprint density at radius 3 is 2.33 bits per heavy atom. The van der Waals surface area contributed by atoms with Crippen molar-refractivity contribution in [2.45, 2.75) is 44.9 Å². The molecule has 1 N–H and O–H groups in total. The Morgan fingerprint density at radius 1 is 1.17 bits per heavy atom. The number of piperidine rings is 1. The summed E-state index contributed by atoms with van der Waals surface area (Å²) >= 11 is 0. The minimum atomic E-state index is -3.12. The average molecular weight is 274 g/mol. The van der Waals surface area contributed by atoms with Crippen molar-refractivity contribution in [3.05, 3.63) is 0 Å². The van der Waals surface area contributed by atoms with Gasteiger partial charge >= 0.3 is 0 Å². The van der Waals surface area contributed by atoms with Crippen LogP contribution in [0, 0.1) is 5.92 Å². The lowest BCUT2D eigenvalue weighted by molar-refractivity contribution is 0.309. The lowest BCUT2D eigenvalue weighted by atomic mass is 9.91. The van der Waals surface area contributed by atoms with Gasteiger partial charge in [0.2, 0.25) is 10.0 Å². The number of oxime groups is 1. The molecule has 0 amide bonds. The topological polar surface area (TPSA) is 70.0 Å². The van der Waals surface area contributed by atoms with Crippen LogP contribution in [-0.2, 0) is 10.0 Å². The minimum Gasteiger partial charge on any atom is -0.411 e. The maximum absolute atomic E-state index is 12.3. The van der Waals surface area contributed by atoms with Crippen LogP contribution in [0.25, 0.3) is 0 Å². The Labute approximate surface area is 109 Å². The van der Waals surface area contributed by atoms with Crippen LogP contribution in [0.15, 0.2) is 5.16 Å². The summed E-state index contributed by atoms with van der Waals surface area (Å²) < 4.78 is 26.1. The van der Waals surface area contributed by atoms with Gasteiger partial charge in [0.15, 0.2) is 0 Å². The molecule has 0 spiro atoms. The maximum Gasteiger partial charge on any atom is 0.214 e. The normalized spacial score (nSPS) is 24.1. The summed E-state index contributed by atoms with van der Waals surface area (Å²) in [6, 6.07) is 0. The summed E-state index contributed by atoms with van der Waals surface area (Å²) in [6.07, 6.45) is 6.80. The molecule has 5 nitrogen and oxygen atoms in total. The first kappa shape index (κ1) is 13.8. The lowest BCUT2D eigenvalue weighted by Crippen LogP contribution is -2.41. The third-order valence-corrected chi connectivity index (χ3v) is 6.05. The van der Waals surface area contributed by atoms with Crippen molar-refractivity contribution in [1.82, 2.24) is 4.31 Å². The van der Waals surface area contributed by atoms with E-state index in [1.54, 1.807) is 4.31 Å². The lowest BCUT2D eigenvalue weighted by Gasteiger charge is -2.29. The highest BCUT2D eigenvalue weighted by atomic mass is 32.2. The van der Waals surface area contributed by atoms with Crippen LogP contribution in [0.4, 0.5) is 0 Å². The highest BCUT2D eigenvalue weighted by molar-refractivity contribution is 7.89. The zero-order chi connectivity index (χ0) is 13.0. The average Bonchev–Trinajstić information content (AvgIpc) is 2.39. The van der Waals surface area contributed by atoms with E-state index in [1.165, 1.54) is 19.3 Å². The van der Waals surface area contributed by atoms with E-state index in [0.717, 1.165) is 12.8 Å². The second kappa shape index (κ2) is 6.02. The molecule has 1 saturated carbocycles. The second-order valence-electron chi connectivity index (χ2n) is 5.35. The predicted molar refractivity (Wildman–Crippen MR) is 70.4 cm³/mol. The number of sulfonamides is 1. The van der Waals surface area contributed by atoms with Crippen LogP contribution < -0.4 is 0 Å². The Kier molecular flexibility index (Phi) is 4.61. The fourth-order valence-corrected chi connectivity index (χ4v) is 4.76. The van der Waals surface area contributed by atoms with Gasteiger partial charge in [-0.3, -0.25) is 0 Å². The van der Waals surface area contributed by atoms with Crippen molar-refractivity contribution < 1.29 is 13.6 Å². The van der Waals surface area contributed by atoms with Crippen molar-refractivity contribution in [3.8, 4) is 0 Å². The summed E-state index contributed by atoms with van der Waals surface area (Å²) in [5.74, 6) is 0.648. The predicted octanol–water partition coefficient (Wildman–Crippen LogP) is 1.82. The Bertz CT molecular complexity index is 390. The molecule has 0 aromatic rings. The van der Waals surface area contributed by atoms with Gasteiger partial charge in [-0.1, -0.05) is 24.4 Å². The minimum absolute atomic E-state index is 0.304. The van der Waals surface area contributed by atoms with Crippen LogP contribution >= 0.6 is 0 Å². The molecule has 2 aliphatic rings. The first-order valence-electron chi connectivity index (χ1n) is 6.79. The van der Waals surface area contributed by atoms with Gasteiger partial charge in [0, 0.05) is 25.9 Å². The molecule has 18 heavy (non-hydrogen) atoms. The fourth-order valence-electron chi connectivity index (χ4n) is 2.88. The van der Waals surface area contributed by atoms with E-state index in [-0.39, 0.29) is 0 Å². The molecule has 0 bridgehead atoms. The van der Waals surface area contributed by atoms with Gasteiger partial charge < -0.3 is 5.21 Å². The Morgan fingerprint density at radius 2 is 1.78 bits per heavy atom. The standard InChI is InChI=1S/C12H22N2O3S/c15-13-12-6-8-14(9-7-12)18(16,17)10-11-4-2-1-3-5-11/h11,15H,1-10H2. The number of nitrogens with zero attached hydrogens (tertiary/aromatic N) is 2. The van der Waals surface area contributed by atoms with Gasteiger partial charge in [0.1, 0.15) is 0 Å². The molecular formula is C12H22N2O3S. The molecule has 1 saturated heterocycles. The third-order valence-electron chi connectivity index (χ3n) is 4.01. The largest absolute Gasteiger partial charge is 0.411 e. The molecule has 0 aromatic heterocycles. The zero-order valence-electron chi connectivity index (χ0n) is 10.7. The molecule has 1 aliphatic heterocycles. The Hall–Kier alpha value is -0.620. The van der Waals surface area contributed by atoms with Gasteiger partial charge in [-0.05, 0) is 18.8 Å². The quantitative estimate of drug-likeness (QED) is 0.630. The van der Waals surface area contributed by atoms with Crippen molar-refractivity contribution in [1.29, 1.82) is 0 Å². The Balaban J connectivity index is 1.90. The molecule has 2 fully saturated rings. The molecule has 0 unspecified atom stereocenters. The maximum atomic E-state index is 12.3. The van der Waals surface area contributed by atoms with Crippen LogP contribution in [-0.4, -0.2) is 42.5 Å². The summed E-state index contributed by atoms with van der Waals surface area (Å²) in [5, 5.41) is 11.8. The molecule has 0 atom stereocenters. The van der Waals surface area contributed by atoms with Crippen molar-refractivity contribution in [2.75, 3.05) is 18.8 Å². The van der Waals surface area contributed by atoms with Crippen molar-refractivity contribution >= 4 is 15.7 Å². The van der Waals surface area contributed by atoms with E-state index in [1.807, 2.05) is 0 Å². The summed E-state index contributed by atoms with van der Waals surface area (Å²) in [5.41, 5.74) is 0.708. The highest BCUT2D eigenvalue weighted by Crippen LogP contribution is 2.26. The van der Waals surface area contributed by atoms with E-state index in [2.05, 4.69) is 5.16 Å². The van der Waals surface area contributed by atoms with Crippen LogP contribution in [0.1, 0.15) is 44.9 Å². The number of hydrogen-bond donors (Lipinski definition) is 1. The van der Waals surface area contributed by atoms with Crippen molar-refractivity contribution in [3.63, 3.8) is 0 Å². The van der Waals surface area contributed by atoms with Gasteiger partial charge in [-0.15, -0.1) is 0 Å². The number of hydrogen-bond acceptors (Lipinski definition) is 4. The van der Waals surface area contributed by atoms with Gasteiger partial charge in [-0.25, -0.2) is 12.7 Å². The molecule has 1 aliphatic carbocycles. The molecule has 104 valence electrons. The van der Waals surface area contributed by atoms with Crippen molar-refractivity contribution in [2.24, 2.45) is 11.1 Å². The van der Waals surface area contributed by atoms with E-state index in [4.69, 9.17) is 5.21 Å². The van der Waals surface area contributed by atoms with E-state index in [0.29, 0.717) is 43.3 Å². The van der Waals surface area contributed by atoms with E-state index >= 15 is 0 Å². The van der Waals surface area contributed by atoms with Gasteiger partial charge in [-0.2, -0.15) is 0 Å². The smallest absolute Gasteiger partial charge is 0.214 e. The SMILES string of the molecule is O=S(=O)(CC1CCCCC1)N1CCC(=NO)CC1. The molecule has 1 heterocycles. The second-order valence-corrected chi connectivity index (χ2v) is 7.36. The zero-order valence-corrected chi connectivity index (χ0v) is 11.5. The number of rotatable bonds is 3. The monoisotopic (exact) mass is 274 g/mol. The summed E-state index contributed by atoms with van der Waals surface area (Å²) in [7, 11) is -3.12. The fraction of sp³-hybridized carbons (Fsp3) is 0.917. The molecule has 0 aromatic carbocycles. The first-order valence-corrected chi connectivity index (χ1v) is 8.40. The van der Waals surface area contributed by atoms with Crippen LogP contribution in [0.2, 0.25) is 0 Å². The molecular weight excluding hydrogens is 252 g/mol. The summed E-state index contributed by atoms with van der Waals surface area (Å²) in [4.78, 5) is 0. The van der Waals surface area contributed by atoms with E-state index in [9.17, 15) is 8.42 Å². The third kappa shape index (κ3) is 3.45. The van der Waals surface area contributed by atoms with Gasteiger partial charge in [0.25, 0.3) is 0 Å². The van der Waals surface area contributed by atoms with E-state index < -0.39 is 10.0 Å². The summed E-state index contributed by atoms with van der Waals surface area (Å²) in [6.45, 7) is 0.933.